The van der Waals surface area contributed by atoms with Gasteiger partial charge >= 0.3 is 0 Å². The normalized spacial score (nSPS) is 18.0. The van der Waals surface area contributed by atoms with Gasteiger partial charge in [0, 0.05) is 0 Å². The number of ether oxygens (including phenoxy) is 2. The first-order valence-electron chi connectivity index (χ1n) is 9.78. The van der Waals surface area contributed by atoms with Gasteiger partial charge in [-0.25, -0.2) is 13.1 Å². The molecule has 0 saturated heterocycles. The van der Waals surface area contributed by atoms with Gasteiger partial charge < -0.3 is 14.8 Å². The SMILES string of the molecule is O=C(CNS(=O)(=O)c1ccc2c(c1)CCCC2)NC[C@H]1COc2ccccc2O1. The number of aryl methyl sites for hydroxylation is 2. The van der Waals surface area contributed by atoms with Crippen molar-refractivity contribution in [1.82, 2.24) is 10.0 Å². The Bertz CT molecular complexity index is 1010. The lowest BCUT2D eigenvalue weighted by atomic mass is 9.92. The van der Waals surface area contributed by atoms with Crippen LogP contribution in [0.2, 0.25) is 0 Å². The van der Waals surface area contributed by atoms with Crippen LogP contribution in [-0.2, 0) is 27.7 Å². The van der Waals surface area contributed by atoms with Crippen molar-refractivity contribution in [1.29, 1.82) is 0 Å². The molecular formula is C21H24N2O5S. The van der Waals surface area contributed by atoms with Crippen molar-refractivity contribution in [2.45, 2.75) is 36.7 Å². The Morgan fingerprint density at radius 1 is 1.03 bits per heavy atom. The van der Waals surface area contributed by atoms with E-state index in [9.17, 15) is 13.2 Å². The zero-order valence-corrected chi connectivity index (χ0v) is 16.8. The van der Waals surface area contributed by atoms with Crippen LogP contribution in [0.25, 0.3) is 0 Å². The molecule has 2 N–H and O–H groups in total. The lowest BCUT2D eigenvalue weighted by molar-refractivity contribution is -0.120. The van der Waals surface area contributed by atoms with E-state index in [1.54, 1.807) is 18.2 Å². The fourth-order valence-corrected chi connectivity index (χ4v) is 4.61. The predicted molar refractivity (Wildman–Crippen MR) is 108 cm³/mol. The van der Waals surface area contributed by atoms with E-state index in [0.29, 0.717) is 18.1 Å². The zero-order chi connectivity index (χ0) is 20.3. The second-order valence-electron chi connectivity index (χ2n) is 7.26. The molecule has 2 aromatic rings. The van der Waals surface area contributed by atoms with Gasteiger partial charge in [0.1, 0.15) is 12.7 Å². The van der Waals surface area contributed by atoms with Crippen LogP contribution in [0.15, 0.2) is 47.4 Å². The first kappa shape index (κ1) is 19.7. The van der Waals surface area contributed by atoms with E-state index < -0.39 is 15.9 Å². The van der Waals surface area contributed by atoms with Crippen molar-refractivity contribution in [2.24, 2.45) is 0 Å². The summed E-state index contributed by atoms with van der Waals surface area (Å²) in [5, 5.41) is 2.69. The topological polar surface area (TPSA) is 93.7 Å². The number of rotatable bonds is 6. The number of amides is 1. The third kappa shape index (κ3) is 4.71. The second-order valence-corrected chi connectivity index (χ2v) is 9.03. The average molecular weight is 416 g/mol. The molecule has 1 aliphatic carbocycles. The van der Waals surface area contributed by atoms with Gasteiger partial charge in [-0.05, 0) is 61.1 Å². The lowest BCUT2D eigenvalue weighted by Gasteiger charge is -2.26. The number of carbonyl (C=O) groups is 1. The van der Waals surface area contributed by atoms with Crippen LogP contribution < -0.4 is 19.5 Å². The smallest absolute Gasteiger partial charge is 0.241 e. The van der Waals surface area contributed by atoms with Crippen LogP contribution in [0.3, 0.4) is 0 Å². The fraction of sp³-hybridized carbons (Fsp3) is 0.381. The third-order valence-corrected chi connectivity index (χ3v) is 6.55. The van der Waals surface area contributed by atoms with Gasteiger partial charge in [-0.1, -0.05) is 18.2 Å². The Morgan fingerprint density at radius 2 is 1.79 bits per heavy atom. The molecule has 7 nitrogen and oxygen atoms in total. The maximum Gasteiger partial charge on any atom is 0.241 e. The molecule has 0 aromatic heterocycles. The Kier molecular flexibility index (Phi) is 5.73. The Morgan fingerprint density at radius 3 is 2.62 bits per heavy atom. The zero-order valence-electron chi connectivity index (χ0n) is 16.0. The summed E-state index contributed by atoms with van der Waals surface area (Å²) < 4.78 is 38.8. The molecular weight excluding hydrogens is 392 g/mol. The predicted octanol–water partition coefficient (Wildman–Crippen LogP) is 1.80. The minimum atomic E-state index is -3.74. The van der Waals surface area contributed by atoms with Crippen molar-refractivity contribution in [2.75, 3.05) is 19.7 Å². The van der Waals surface area contributed by atoms with Gasteiger partial charge in [-0.15, -0.1) is 0 Å². The first-order valence-corrected chi connectivity index (χ1v) is 11.3. The molecule has 2 aromatic carbocycles. The molecule has 0 bridgehead atoms. The van der Waals surface area contributed by atoms with Crippen molar-refractivity contribution >= 4 is 15.9 Å². The van der Waals surface area contributed by atoms with E-state index in [-0.39, 0.29) is 24.1 Å². The van der Waals surface area contributed by atoms with Crippen LogP contribution in [-0.4, -0.2) is 40.1 Å². The molecule has 154 valence electrons. The number of para-hydroxylation sites is 2. The molecule has 1 heterocycles. The van der Waals surface area contributed by atoms with Crippen LogP contribution in [0, 0.1) is 0 Å². The summed E-state index contributed by atoms with van der Waals surface area (Å²) in [7, 11) is -3.74. The summed E-state index contributed by atoms with van der Waals surface area (Å²) in [5.74, 6) is 0.882. The molecule has 2 aliphatic rings. The maximum atomic E-state index is 12.5. The highest BCUT2D eigenvalue weighted by atomic mass is 32.2. The summed E-state index contributed by atoms with van der Waals surface area (Å²) >= 11 is 0. The van der Waals surface area contributed by atoms with E-state index in [1.807, 2.05) is 24.3 Å². The molecule has 0 radical (unpaired) electrons. The van der Waals surface area contributed by atoms with E-state index in [4.69, 9.17) is 9.47 Å². The summed E-state index contributed by atoms with van der Waals surface area (Å²) in [6, 6.07) is 12.5. The molecule has 8 heteroatoms. The molecule has 0 saturated carbocycles. The van der Waals surface area contributed by atoms with E-state index in [1.165, 1.54) is 5.56 Å². The van der Waals surface area contributed by atoms with Crippen LogP contribution in [0.1, 0.15) is 24.0 Å². The first-order chi connectivity index (χ1) is 14.0. The lowest BCUT2D eigenvalue weighted by Crippen LogP contribution is -2.44. The molecule has 0 spiro atoms. The largest absolute Gasteiger partial charge is 0.486 e. The van der Waals surface area contributed by atoms with Gasteiger partial charge in [0.05, 0.1) is 18.0 Å². The maximum absolute atomic E-state index is 12.5. The molecule has 1 amide bonds. The van der Waals surface area contributed by atoms with Crippen molar-refractivity contribution in [3.05, 3.63) is 53.6 Å². The number of hydrogen-bond donors (Lipinski definition) is 2. The number of hydrogen-bond acceptors (Lipinski definition) is 5. The van der Waals surface area contributed by atoms with Gasteiger partial charge in [0.2, 0.25) is 15.9 Å². The fourth-order valence-electron chi connectivity index (χ4n) is 3.57. The molecule has 1 aliphatic heterocycles. The summed E-state index contributed by atoms with van der Waals surface area (Å²) in [6.07, 6.45) is 3.77. The molecule has 4 rings (SSSR count). The van der Waals surface area contributed by atoms with Crippen LogP contribution in [0.4, 0.5) is 0 Å². The second kappa shape index (κ2) is 8.42. The number of benzene rings is 2. The Hall–Kier alpha value is -2.58. The third-order valence-electron chi connectivity index (χ3n) is 5.15. The number of nitrogens with one attached hydrogen (secondary N) is 2. The van der Waals surface area contributed by atoms with Crippen molar-refractivity contribution in [3.8, 4) is 11.5 Å². The summed E-state index contributed by atoms with van der Waals surface area (Å²) in [4.78, 5) is 12.3. The Balaban J connectivity index is 1.28. The van der Waals surface area contributed by atoms with Gasteiger partial charge in [0.25, 0.3) is 0 Å². The highest BCUT2D eigenvalue weighted by molar-refractivity contribution is 7.89. The quantitative estimate of drug-likeness (QED) is 0.749. The minimum Gasteiger partial charge on any atom is -0.486 e. The number of sulfonamides is 1. The van der Waals surface area contributed by atoms with Crippen LogP contribution >= 0.6 is 0 Å². The van der Waals surface area contributed by atoms with E-state index in [2.05, 4.69) is 10.0 Å². The van der Waals surface area contributed by atoms with Gasteiger partial charge in [0.15, 0.2) is 11.5 Å². The van der Waals surface area contributed by atoms with Gasteiger partial charge in [-0.2, -0.15) is 0 Å². The standard InChI is InChI=1S/C21H24N2O5S/c24-21(22-12-17-14-27-19-7-3-4-8-20(19)28-17)13-23-29(25,26)18-10-9-15-5-1-2-6-16(15)11-18/h3-4,7-11,17,23H,1-2,5-6,12-14H2,(H,22,24)/t17-/m0/s1. The van der Waals surface area contributed by atoms with Crippen molar-refractivity contribution < 1.29 is 22.7 Å². The average Bonchev–Trinajstić information content (AvgIpc) is 2.76. The minimum absolute atomic E-state index is 0.201. The van der Waals surface area contributed by atoms with Crippen molar-refractivity contribution in [3.63, 3.8) is 0 Å². The highest BCUT2D eigenvalue weighted by Crippen LogP contribution is 2.30. The van der Waals surface area contributed by atoms with Crippen LogP contribution in [0.5, 0.6) is 11.5 Å². The number of fused-ring (bicyclic) bond motifs is 2. The molecule has 0 fully saturated rings. The van der Waals surface area contributed by atoms with E-state index in [0.717, 1.165) is 31.2 Å². The summed E-state index contributed by atoms with van der Waals surface area (Å²) in [6.45, 7) is 0.218. The highest BCUT2D eigenvalue weighted by Gasteiger charge is 2.22. The molecule has 1 atom stereocenters. The monoisotopic (exact) mass is 416 g/mol. The Labute approximate surface area is 170 Å². The number of carbonyl (C=O) groups excluding carboxylic acids is 1. The molecule has 29 heavy (non-hydrogen) atoms. The molecule has 0 unspecified atom stereocenters. The van der Waals surface area contributed by atoms with Gasteiger partial charge in [-0.3, -0.25) is 4.79 Å². The van der Waals surface area contributed by atoms with E-state index >= 15 is 0 Å². The summed E-state index contributed by atoms with van der Waals surface area (Å²) in [5.41, 5.74) is 2.29.